The number of aliphatic carboxylic acids is 1. The summed E-state index contributed by atoms with van der Waals surface area (Å²) in [4.78, 5) is 35.7. The van der Waals surface area contributed by atoms with Gasteiger partial charge in [-0.2, -0.15) is 0 Å². The van der Waals surface area contributed by atoms with Crippen molar-refractivity contribution in [3.05, 3.63) is 59.4 Å². The Kier molecular flexibility index (Phi) is 5.07. The number of para-hydroxylation sites is 1. The van der Waals surface area contributed by atoms with E-state index in [-0.39, 0.29) is 23.6 Å². The van der Waals surface area contributed by atoms with Gasteiger partial charge in [0.05, 0.1) is 23.7 Å². The van der Waals surface area contributed by atoms with Gasteiger partial charge in [0, 0.05) is 0 Å². The average Bonchev–Trinajstić information content (AvgIpc) is 2.62. The number of carbonyl (C=O) groups is 3. The molecule has 0 bridgehead atoms. The first kappa shape index (κ1) is 18.4. The van der Waals surface area contributed by atoms with Crippen molar-refractivity contribution in [2.24, 2.45) is 0 Å². The fourth-order valence-electron chi connectivity index (χ4n) is 2.76. The Morgan fingerprint density at radius 2 is 1.96 bits per heavy atom. The highest BCUT2D eigenvalue weighted by Gasteiger charge is 2.28. The van der Waals surface area contributed by atoms with Gasteiger partial charge in [-0.05, 0) is 36.8 Å². The monoisotopic (exact) mass is 372 g/mol. The van der Waals surface area contributed by atoms with Gasteiger partial charge in [0.15, 0.2) is 11.9 Å². The highest BCUT2D eigenvalue weighted by atomic mass is 19.1. The zero-order chi connectivity index (χ0) is 19.6. The Hall–Kier alpha value is -3.42. The van der Waals surface area contributed by atoms with Crippen molar-refractivity contribution in [1.29, 1.82) is 0 Å². The van der Waals surface area contributed by atoms with Crippen LogP contribution in [0.3, 0.4) is 0 Å². The molecule has 0 radical (unpaired) electrons. The molecule has 0 saturated heterocycles. The summed E-state index contributed by atoms with van der Waals surface area (Å²) in [5.41, 5.74) is 0.985. The number of halogens is 1. The molecule has 3 N–H and O–H groups in total. The van der Waals surface area contributed by atoms with Crippen molar-refractivity contribution in [2.75, 3.05) is 5.32 Å². The number of rotatable bonds is 5. The van der Waals surface area contributed by atoms with E-state index in [1.165, 1.54) is 30.3 Å². The topological polar surface area (TPSA) is 105 Å². The lowest BCUT2D eigenvalue weighted by Gasteiger charge is -2.25. The molecule has 27 heavy (non-hydrogen) atoms. The minimum atomic E-state index is -1.11. The molecule has 3 rings (SSSR count). The van der Waals surface area contributed by atoms with E-state index in [4.69, 9.17) is 9.84 Å². The van der Waals surface area contributed by atoms with Gasteiger partial charge in [-0.1, -0.05) is 18.2 Å². The second-order valence-corrected chi connectivity index (χ2v) is 6.11. The number of carboxylic acid groups (broad SMARTS) is 1. The molecule has 1 aliphatic rings. The molecule has 8 heteroatoms. The number of carboxylic acids is 1. The molecule has 0 aromatic heterocycles. The third-order valence-electron chi connectivity index (χ3n) is 4.14. The molecule has 2 aromatic carbocycles. The lowest BCUT2D eigenvalue weighted by Crippen LogP contribution is -2.36. The lowest BCUT2D eigenvalue weighted by atomic mass is 10.0. The highest BCUT2D eigenvalue weighted by molar-refractivity contribution is 6.04. The van der Waals surface area contributed by atoms with E-state index < -0.39 is 29.8 Å². The summed E-state index contributed by atoms with van der Waals surface area (Å²) in [6.45, 7) is 1.55. The molecule has 0 aliphatic carbocycles. The van der Waals surface area contributed by atoms with E-state index in [0.29, 0.717) is 11.3 Å². The van der Waals surface area contributed by atoms with Crippen LogP contribution in [0.25, 0.3) is 0 Å². The molecular formula is C19H17FN2O5. The largest absolute Gasteiger partial charge is 0.481 e. The van der Waals surface area contributed by atoms with Crippen molar-refractivity contribution in [1.82, 2.24) is 5.32 Å². The number of carbonyl (C=O) groups excluding carboxylic acids is 2. The first-order valence-electron chi connectivity index (χ1n) is 8.24. The second-order valence-electron chi connectivity index (χ2n) is 6.11. The first-order valence-corrected chi connectivity index (χ1v) is 8.24. The summed E-state index contributed by atoms with van der Waals surface area (Å²) in [7, 11) is 0. The predicted molar refractivity (Wildman–Crippen MR) is 94.0 cm³/mol. The molecular weight excluding hydrogens is 355 g/mol. The number of fused-ring (bicyclic) bond motifs is 1. The van der Waals surface area contributed by atoms with Crippen LogP contribution in [0.15, 0.2) is 42.5 Å². The van der Waals surface area contributed by atoms with E-state index in [0.717, 1.165) is 0 Å². The van der Waals surface area contributed by atoms with Gasteiger partial charge in [-0.25, -0.2) is 4.39 Å². The van der Waals surface area contributed by atoms with Crippen LogP contribution >= 0.6 is 0 Å². The first-order chi connectivity index (χ1) is 12.8. The lowest BCUT2D eigenvalue weighted by molar-refractivity contribution is -0.137. The number of benzene rings is 2. The van der Waals surface area contributed by atoms with E-state index >= 15 is 0 Å². The summed E-state index contributed by atoms with van der Waals surface area (Å²) in [5, 5.41) is 14.4. The van der Waals surface area contributed by atoms with Gasteiger partial charge in [-0.3, -0.25) is 14.4 Å². The number of anilines is 1. The third kappa shape index (κ3) is 4.05. The molecule has 2 amide bonds. The summed E-state index contributed by atoms with van der Waals surface area (Å²) >= 11 is 0. The smallest absolute Gasteiger partial charge is 0.305 e. The molecule has 0 fully saturated rings. The Morgan fingerprint density at radius 3 is 2.63 bits per heavy atom. The third-order valence-corrected chi connectivity index (χ3v) is 4.14. The molecule has 0 spiro atoms. The van der Waals surface area contributed by atoms with Gasteiger partial charge >= 0.3 is 5.97 Å². The van der Waals surface area contributed by atoms with E-state index in [1.807, 2.05) is 0 Å². The van der Waals surface area contributed by atoms with Crippen LogP contribution in [0.2, 0.25) is 0 Å². The predicted octanol–water partition coefficient (Wildman–Crippen LogP) is 2.49. The zero-order valence-electron chi connectivity index (χ0n) is 14.4. The molecule has 1 aliphatic heterocycles. The summed E-state index contributed by atoms with van der Waals surface area (Å²) in [6, 6.07) is 9.07. The number of ether oxygens (including phenoxy) is 1. The van der Waals surface area contributed by atoms with Gasteiger partial charge in [0.1, 0.15) is 5.82 Å². The molecule has 7 nitrogen and oxygen atoms in total. The van der Waals surface area contributed by atoms with E-state index in [9.17, 15) is 18.8 Å². The maximum Gasteiger partial charge on any atom is 0.305 e. The SMILES string of the molecule is C[C@H]1Oc2c(cccc2C(=O)N[C@H](CC(=O)O)c2ccc(F)cc2)NC1=O. The Bertz CT molecular complexity index is 897. The van der Waals surface area contributed by atoms with E-state index in [2.05, 4.69) is 10.6 Å². The van der Waals surface area contributed by atoms with Crippen LogP contribution in [-0.4, -0.2) is 29.0 Å². The van der Waals surface area contributed by atoms with Crippen LogP contribution in [-0.2, 0) is 9.59 Å². The average molecular weight is 372 g/mol. The normalized spacial score (nSPS) is 16.5. The van der Waals surface area contributed by atoms with Crippen molar-refractivity contribution in [3.63, 3.8) is 0 Å². The van der Waals surface area contributed by atoms with Gasteiger partial charge in [0.2, 0.25) is 0 Å². The van der Waals surface area contributed by atoms with Crippen LogP contribution < -0.4 is 15.4 Å². The molecule has 0 saturated carbocycles. The van der Waals surface area contributed by atoms with Crippen molar-refractivity contribution in [3.8, 4) is 5.75 Å². The standard InChI is InChI=1S/C19H17FN2O5/c1-10-18(25)21-14-4-2-3-13(17(14)27-10)19(26)22-15(9-16(23)24)11-5-7-12(20)8-6-11/h2-8,10,15H,9H2,1H3,(H,21,25)(H,22,26)(H,23,24)/t10-,15-/m1/s1. The molecule has 140 valence electrons. The van der Waals surface area contributed by atoms with Crippen molar-refractivity contribution < 1.29 is 28.6 Å². The maximum atomic E-state index is 13.1. The molecule has 2 aromatic rings. The molecule has 2 atom stereocenters. The van der Waals surface area contributed by atoms with Crippen molar-refractivity contribution in [2.45, 2.75) is 25.5 Å². The molecule has 0 unspecified atom stereocenters. The minimum absolute atomic E-state index is 0.164. The number of amides is 2. The summed E-state index contributed by atoms with van der Waals surface area (Å²) < 4.78 is 18.7. The van der Waals surface area contributed by atoms with Crippen LogP contribution in [0, 0.1) is 5.82 Å². The highest BCUT2D eigenvalue weighted by Crippen LogP contribution is 2.33. The second kappa shape index (κ2) is 7.45. The fourth-order valence-corrected chi connectivity index (χ4v) is 2.76. The summed E-state index contributed by atoms with van der Waals surface area (Å²) in [5.74, 6) is -2.25. The Labute approximate surface area is 154 Å². The van der Waals surface area contributed by atoms with Crippen molar-refractivity contribution >= 4 is 23.5 Å². The van der Waals surface area contributed by atoms with Gasteiger partial charge < -0.3 is 20.5 Å². The van der Waals surface area contributed by atoms with E-state index in [1.54, 1.807) is 19.1 Å². The van der Waals surface area contributed by atoms with Crippen LogP contribution in [0.4, 0.5) is 10.1 Å². The number of hydrogen-bond acceptors (Lipinski definition) is 4. The Balaban J connectivity index is 1.88. The quantitative estimate of drug-likeness (QED) is 0.748. The zero-order valence-corrected chi connectivity index (χ0v) is 14.4. The maximum absolute atomic E-state index is 13.1. The Morgan fingerprint density at radius 1 is 1.26 bits per heavy atom. The fraction of sp³-hybridized carbons (Fsp3) is 0.211. The molecule has 1 heterocycles. The van der Waals surface area contributed by atoms with Crippen LogP contribution in [0.1, 0.15) is 35.3 Å². The number of hydrogen-bond donors (Lipinski definition) is 3. The number of nitrogens with one attached hydrogen (secondary N) is 2. The minimum Gasteiger partial charge on any atom is -0.481 e. The van der Waals surface area contributed by atoms with Gasteiger partial charge in [0.25, 0.3) is 11.8 Å². The van der Waals surface area contributed by atoms with Gasteiger partial charge in [-0.15, -0.1) is 0 Å². The summed E-state index contributed by atoms with van der Waals surface area (Å²) in [6.07, 6.45) is -1.14. The van der Waals surface area contributed by atoms with Crippen LogP contribution in [0.5, 0.6) is 5.75 Å².